The monoisotopic (exact) mass is 235 g/mol. The number of Topliss-reactive ketones (excluding diaryl/α,β-unsaturated/α-hetero) is 1. The van der Waals surface area contributed by atoms with E-state index in [1.165, 1.54) is 13.3 Å². The quantitative estimate of drug-likeness (QED) is 0.733. The molecule has 1 fully saturated rings. The summed E-state index contributed by atoms with van der Waals surface area (Å²) in [6.07, 6.45) is 3.92. The third kappa shape index (κ3) is 3.00. The van der Waals surface area contributed by atoms with Crippen LogP contribution >= 0.6 is 0 Å². The Bertz CT molecular complexity index is 408. The predicted molar refractivity (Wildman–Crippen MR) is 63.2 cm³/mol. The van der Waals surface area contributed by atoms with Crippen molar-refractivity contribution in [3.63, 3.8) is 0 Å². The molecule has 1 aliphatic rings. The zero-order valence-corrected chi connectivity index (χ0v) is 10.2. The van der Waals surface area contributed by atoms with E-state index < -0.39 is 0 Å². The molecule has 1 unspecified atom stereocenters. The summed E-state index contributed by atoms with van der Waals surface area (Å²) in [6.45, 7) is 3.19. The van der Waals surface area contributed by atoms with Gasteiger partial charge in [0.05, 0.1) is 0 Å². The van der Waals surface area contributed by atoms with Gasteiger partial charge in [0, 0.05) is 25.2 Å². The number of ether oxygens (including phenoxy) is 1. The Labute approximate surface area is 101 Å². The molecule has 1 aromatic heterocycles. The van der Waals surface area contributed by atoms with E-state index in [9.17, 15) is 4.79 Å². The second kappa shape index (κ2) is 5.23. The van der Waals surface area contributed by atoms with Crippen molar-refractivity contribution >= 4 is 5.78 Å². The summed E-state index contributed by atoms with van der Waals surface area (Å²) in [4.78, 5) is 21.3. The van der Waals surface area contributed by atoms with Crippen LogP contribution < -0.4 is 4.74 Å². The van der Waals surface area contributed by atoms with Gasteiger partial charge in [0.15, 0.2) is 11.6 Å². The lowest BCUT2D eigenvalue weighted by Gasteiger charge is -2.19. The zero-order chi connectivity index (χ0) is 12.3. The van der Waals surface area contributed by atoms with Crippen molar-refractivity contribution in [2.45, 2.75) is 25.8 Å². The van der Waals surface area contributed by atoms with Gasteiger partial charge in [-0.1, -0.05) is 0 Å². The molecule has 92 valence electrons. The Hall–Kier alpha value is -1.49. The van der Waals surface area contributed by atoms with Crippen LogP contribution in [0.2, 0.25) is 0 Å². The lowest BCUT2D eigenvalue weighted by Crippen LogP contribution is -2.30. The standard InChI is InChI=1S/C12H17N3O2/c1-9(16)12-13-6-5-11(14-12)17-8-10-4-3-7-15(10)2/h5-6,10H,3-4,7-8H2,1-2H3. The molecule has 0 saturated carbocycles. The number of hydrogen-bond acceptors (Lipinski definition) is 5. The lowest BCUT2D eigenvalue weighted by molar-refractivity contribution is 0.100. The number of rotatable bonds is 4. The molecule has 0 bridgehead atoms. The fraction of sp³-hybridized carbons (Fsp3) is 0.583. The molecule has 1 aliphatic heterocycles. The fourth-order valence-electron chi connectivity index (χ4n) is 1.96. The summed E-state index contributed by atoms with van der Waals surface area (Å²) in [5.41, 5.74) is 0. The SMILES string of the molecule is CC(=O)c1nccc(OCC2CCCN2C)n1. The Kier molecular flexibility index (Phi) is 3.68. The first-order valence-corrected chi connectivity index (χ1v) is 5.84. The van der Waals surface area contributed by atoms with Gasteiger partial charge in [0.2, 0.25) is 5.88 Å². The van der Waals surface area contributed by atoms with Crippen LogP contribution in [0, 0.1) is 0 Å². The maximum atomic E-state index is 11.1. The molecule has 5 heteroatoms. The van der Waals surface area contributed by atoms with Crippen molar-refractivity contribution < 1.29 is 9.53 Å². The van der Waals surface area contributed by atoms with E-state index in [-0.39, 0.29) is 11.6 Å². The molecule has 1 saturated heterocycles. The molecule has 5 nitrogen and oxygen atoms in total. The van der Waals surface area contributed by atoms with Gasteiger partial charge in [-0.2, -0.15) is 4.98 Å². The largest absolute Gasteiger partial charge is 0.476 e. The lowest BCUT2D eigenvalue weighted by atomic mass is 10.2. The average Bonchev–Trinajstić information content (AvgIpc) is 2.72. The molecule has 1 aromatic rings. The van der Waals surface area contributed by atoms with E-state index in [1.807, 2.05) is 0 Å². The molecule has 1 atom stereocenters. The van der Waals surface area contributed by atoms with Crippen LogP contribution in [0.4, 0.5) is 0 Å². The molecule has 0 amide bonds. The van der Waals surface area contributed by atoms with Gasteiger partial charge >= 0.3 is 0 Å². The normalized spacial score (nSPS) is 20.5. The average molecular weight is 235 g/mol. The topological polar surface area (TPSA) is 55.3 Å². The second-order valence-corrected chi connectivity index (χ2v) is 4.36. The van der Waals surface area contributed by atoms with Crippen LogP contribution in [0.5, 0.6) is 5.88 Å². The van der Waals surface area contributed by atoms with Crippen LogP contribution in [0.25, 0.3) is 0 Å². The van der Waals surface area contributed by atoms with Crippen molar-refractivity contribution in [1.82, 2.24) is 14.9 Å². The number of aromatic nitrogens is 2. The molecule has 2 heterocycles. The minimum absolute atomic E-state index is 0.145. The first-order valence-electron chi connectivity index (χ1n) is 5.84. The summed E-state index contributed by atoms with van der Waals surface area (Å²) < 4.78 is 5.61. The fourth-order valence-corrected chi connectivity index (χ4v) is 1.96. The third-order valence-electron chi connectivity index (χ3n) is 3.04. The number of ketones is 1. The Morgan fingerprint density at radius 1 is 1.65 bits per heavy atom. The van der Waals surface area contributed by atoms with Gasteiger partial charge in [-0.05, 0) is 26.4 Å². The summed E-state index contributed by atoms with van der Waals surface area (Å²) in [6, 6.07) is 2.13. The van der Waals surface area contributed by atoms with Crippen LogP contribution in [0.3, 0.4) is 0 Å². The number of likely N-dealkylation sites (N-methyl/N-ethyl adjacent to an activating group) is 1. The van der Waals surface area contributed by atoms with Gasteiger partial charge in [-0.3, -0.25) is 4.79 Å². The smallest absolute Gasteiger partial charge is 0.216 e. The van der Waals surface area contributed by atoms with Gasteiger partial charge in [-0.15, -0.1) is 0 Å². The van der Waals surface area contributed by atoms with E-state index in [2.05, 4.69) is 21.9 Å². The number of nitrogens with zero attached hydrogens (tertiary/aromatic N) is 3. The Morgan fingerprint density at radius 2 is 2.47 bits per heavy atom. The van der Waals surface area contributed by atoms with E-state index >= 15 is 0 Å². The Morgan fingerprint density at radius 3 is 3.12 bits per heavy atom. The molecule has 0 aromatic carbocycles. The first kappa shape index (κ1) is 12.0. The zero-order valence-electron chi connectivity index (χ0n) is 10.2. The molecular weight excluding hydrogens is 218 g/mol. The number of likely N-dealkylation sites (tertiary alicyclic amines) is 1. The van der Waals surface area contributed by atoms with Crippen LogP contribution in [-0.2, 0) is 0 Å². The maximum absolute atomic E-state index is 11.1. The molecule has 2 rings (SSSR count). The highest BCUT2D eigenvalue weighted by Gasteiger charge is 2.21. The van der Waals surface area contributed by atoms with E-state index in [4.69, 9.17) is 4.74 Å². The number of carbonyl (C=O) groups is 1. The predicted octanol–water partition coefficient (Wildman–Crippen LogP) is 1.15. The highest BCUT2D eigenvalue weighted by atomic mass is 16.5. The van der Waals surface area contributed by atoms with Crippen molar-refractivity contribution in [3.05, 3.63) is 18.1 Å². The minimum Gasteiger partial charge on any atom is -0.476 e. The van der Waals surface area contributed by atoms with Crippen molar-refractivity contribution in [1.29, 1.82) is 0 Å². The minimum atomic E-state index is -0.145. The van der Waals surface area contributed by atoms with Crippen molar-refractivity contribution in [2.75, 3.05) is 20.2 Å². The van der Waals surface area contributed by atoms with Crippen LogP contribution in [0.15, 0.2) is 12.3 Å². The van der Waals surface area contributed by atoms with E-state index in [1.54, 1.807) is 12.3 Å². The third-order valence-corrected chi connectivity index (χ3v) is 3.04. The highest BCUT2D eigenvalue weighted by molar-refractivity contribution is 5.90. The molecular formula is C12H17N3O2. The van der Waals surface area contributed by atoms with Crippen LogP contribution in [0.1, 0.15) is 30.4 Å². The summed E-state index contributed by atoms with van der Waals surface area (Å²) in [5.74, 6) is 0.543. The Balaban J connectivity index is 1.94. The van der Waals surface area contributed by atoms with Gasteiger partial charge in [-0.25, -0.2) is 4.98 Å². The van der Waals surface area contributed by atoms with E-state index in [0.29, 0.717) is 18.5 Å². The summed E-state index contributed by atoms with van der Waals surface area (Å²) >= 11 is 0. The molecule has 0 spiro atoms. The van der Waals surface area contributed by atoms with Crippen molar-refractivity contribution in [2.24, 2.45) is 0 Å². The summed E-state index contributed by atoms with van der Waals surface area (Å²) in [5, 5.41) is 0. The van der Waals surface area contributed by atoms with Crippen LogP contribution in [-0.4, -0.2) is 46.9 Å². The molecule has 0 radical (unpaired) electrons. The number of carbonyl (C=O) groups excluding carboxylic acids is 1. The number of hydrogen-bond donors (Lipinski definition) is 0. The second-order valence-electron chi connectivity index (χ2n) is 4.36. The molecule has 0 aliphatic carbocycles. The highest BCUT2D eigenvalue weighted by Crippen LogP contribution is 2.16. The van der Waals surface area contributed by atoms with Gasteiger partial charge in [0.25, 0.3) is 0 Å². The van der Waals surface area contributed by atoms with Gasteiger partial charge in [0.1, 0.15) is 6.61 Å². The van der Waals surface area contributed by atoms with Crippen molar-refractivity contribution in [3.8, 4) is 5.88 Å². The maximum Gasteiger partial charge on any atom is 0.216 e. The molecule has 0 N–H and O–H groups in total. The summed E-state index contributed by atoms with van der Waals surface area (Å²) in [7, 11) is 2.10. The first-order chi connectivity index (χ1) is 8.16. The van der Waals surface area contributed by atoms with E-state index in [0.717, 1.165) is 13.0 Å². The van der Waals surface area contributed by atoms with Gasteiger partial charge < -0.3 is 9.64 Å². The molecule has 17 heavy (non-hydrogen) atoms.